The Balaban J connectivity index is 2.15. The number of hydrogen-bond acceptors (Lipinski definition) is 5. The number of rotatable bonds is 4. The number of benzene rings is 1. The number of aromatic carboxylic acids is 1. The highest BCUT2D eigenvalue weighted by Crippen LogP contribution is 2.19. The molecular weight excluding hydrogens is 234 g/mol. The Morgan fingerprint density at radius 3 is 2.78 bits per heavy atom. The van der Waals surface area contributed by atoms with Gasteiger partial charge in [0.05, 0.1) is 19.5 Å². The molecule has 6 heteroatoms. The van der Waals surface area contributed by atoms with Crippen LogP contribution in [0.2, 0.25) is 0 Å². The van der Waals surface area contributed by atoms with Gasteiger partial charge in [0.2, 0.25) is 0 Å². The van der Waals surface area contributed by atoms with Gasteiger partial charge in [-0.1, -0.05) is 6.07 Å². The monoisotopic (exact) mass is 245 g/mol. The molecule has 0 aliphatic rings. The molecule has 0 unspecified atom stereocenters. The predicted molar refractivity (Wildman–Crippen MR) is 65.3 cm³/mol. The van der Waals surface area contributed by atoms with Crippen molar-refractivity contribution in [3.8, 4) is 5.75 Å². The van der Waals surface area contributed by atoms with Crippen LogP contribution in [0.5, 0.6) is 5.75 Å². The maximum Gasteiger partial charge on any atom is 0.356 e. The molecule has 0 bridgehead atoms. The Bertz CT molecular complexity index is 555. The quantitative estimate of drug-likeness (QED) is 0.856. The molecule has 1 heterocycles. The highest BCUT2D eigenvalue weighted by atomic mass is 16.5. The first-order chi connectivity index (χ1) is 8.69. The normalized spacial score (nSPS) is 9.83. The van der Waals surface area contributed by atoms with Crippen molar-refractivity contribution in [2.75, 3.05) is 12.4 Å². The first-order valence-corrected chi connectivity index (χ1v) is 5.15. The van der Waals surface area contributed by atoms with Crippen LogP contribution in [0.15, 0.2) is 36.7 Å². The van der Waals surface area contributed by atoms with Gasteiger partial charge in [-0.25, -0.2) is 14.8 Å². The highest BCUT2D eigenvalue weighted by molar-refractivity contribution is 5.85. The van der Waals surface area contributed by atoms with Crippen molar-refractivity contribution in [1.82, 2.24) is 9.97 Å². The highest BCUT2D eigenvalue weighted by Gasteiger charge is 2.05. The fourth-order valence-electron chi connectivity index (χ4n) is 1.35. The molecule has 0 spiro atoms. The molecule has 0 amide bonds. The lowest BCUT2D eigenvalue weighted by molar-refractivity contribution is 0.0690. The molecule has 0 fully saturated rings. The SMILES string of the molecule is COc1cccc(Nc2cnc(C(=O)O)cn2)c1. The summed E-state index contributed by atoms with van der Waals surface area (Å²) >= 11 is 0. The Kier molecular flexibility index (Phi) is 3.38. The summed E-state index contributed by atoms with van der Waals surface area (Å²) in [5, 5.41) is 11.7. The molecule has 0 saturated heterocycles. The molecule has 6 nitrogen and oxygen atoms in total. The largest absolute Gasteiger partial charge is 0.497 e. The van der Waals surface area contributed by atoms with Crippen LogP contribution in [0.25, 0.3) is 0 Å². The van der Waals surface area contributed by atoms with Crippen LogP contribution < -0.4 is 10.1 Å². The molecule has 2 rings (SSSR count). The summed E-state index contributed by atoms with van der Waals surface area (Å²) in [5.41, 5.74) is 0.693. The van der Waals surface area contributed by atoms with Crippen LogP contribution in [-0.2, 0) is 0 Å². The zero-order valence-corrected chi connectivity index (χ0v) is 9.62. The number of carboxylic acid groups (broad SMARTS) is 1. The third kappa shape index (κ3) is 2.73. The maximum atomic E-state index is 10.6. The second-order valence-electron chi connectivity index (χ2n) is 3.45. The first-order valence-electron chi connectivity index (χ1n) is 5.15. The number of carboxylic acids is 1. The van der Waals surface area contributed by atoms with Gasteiger partial charge < -0.3 is 15.2 Å². The molecule has 0 atom stereocenters. The lowest BCUT2D eigenvalue weighted by atomic mass is 10.3. The first kappa shape index (κ1) is 11.8. The third-order valence-electron chi connectivity index (χ3n) is 2.21. The molecule has 1 aromatic heterocycles. The fourth-order valence-corrected chi connectivity index (χ4v) is 1.35. The molecule has 92 valence electrons. The van der Waals surface area contributed by atoms with E-state index in [1.807, 2.05) is 18.2 Å². The number of anilines is 2. The number of nitrogens with one attached hydrogen (secondary N) is 1. The lowest BCUT2D eigenvalue weighted by Crippen LogP contribution is -2.02. The summed E-state index contributed by atoms with van der Waals surface area (Å²) in [6.45, 7) is 0. The Morgan fingerprint density at radius 2 is 2.17 bits per heavy atom. The molecule has 0 aliphatic carbocycles. The van der Waals surface area contributed by atoms with Gasteiger partial charge in [-0.15, -0.1) is 0 Å². The number of aromatic nitrogens is 2. The summed E-state index contributed by atoms with van der Waals surface area (Å²) in [7, 11) is 1.58. The second-order valence-corrected chi connectivity index (χ2v) is 3.45. The summed E-state index contributed by atoms with van der Waals surface area (Å²) in [6, 6.07) is 7.30. The molecule has 0 radical (unpaired) electrons. The molecular formula is C12H11N3O3. The van der Waals surface area contributed by atoms with Gasteiger partial charge in [-0.3, -0.25) is 0 Å². The van der Waals surface area contributed by atoms with Gasteiger partial charge >= 0.3 is 5.97 Å². The average Bonchev–Trinajstić information content (AvgIpc) is 2.39. The minimum atomic E-state index is -1.10. The van der Waals surface area contributed by atoms with E-state index in [4.69, 9.17) is 9.84 Å². The van der Waals surface area contributed by atoms with E-state index in [2.05, 4.69) is 15.3 Å². The molecule has 18 heavy (non-hydrogen) atoms. The zero-order valence-electron chi connectivity index (χ0n) is 9.62. The maximum absolute atomic E-state index is 10.6. The van der Waals surface area contributed by atoms with Crippen LogP contribution in [0.1, 0.15) is 10.5 Å². The topological polar surface area (TPSA) is 84.3 Å². The lowest BCUT2D eigenvalue weighted by Gasteiger charge is -2.06. The van der Waals surface area contributed by atoms with Crippen molar-refractivity contribution in [2.45, 2.75) is 0 Å². The van der Waals surface area contributed by atoms with Gasteiger partial charge in [-0.2, -0.15) is 0 Å². The van der Waals surface area contributed by atoms with Crippen molar-refractivity contribution in [2.24, 2.45) is 0 Å². The number of carbonyl (C=O) groups is 1. The number of nitrogens with zero attached hydrogens (tertiary/aromatic N) is 2. The van der Waals surface area contributed by atoms with Crippen LogP contribution in [0, 0.1) is 0 Å². The fraction of sp³-hybridized carbons (Fsp3) is 0.0833. The number of ether oxygens (including phenoxy) is 1. The van der Waals surface area contributed by atoms with E-state index in [0.717, 1.165) is 11.4 Å². The zero-order chi connectivity index (χ0) is 13.0. The Labute approximate surface area is 103 Å². The van der Waals surface area contributed by atoms with Crippen LogP contribution >= 0.6 is 0 Å². The van der Waals surface area contributed by atoms with Crippen molar-refractivity contribution < 1.29 is 14.6 Å². The Hall–Kier alpha value is -2.63. The minimum Gasteiger partial charge on any atom is -0.497 e. The molecule has 0 saturated carbocycles. The molecule has 2 aromatic rings. The van der Waals surface area contributed by atoms with Crippen molar-refractivity contribution >= 4 is 17.5 Å². The summed E-state index contributed by atoms with van der Waals surface area (Å²) in [5.74, 6) is 0.0822. The summed E-state index contributed by atoms with van der Waals surface area (Å²) < 4.78 is 5.09. The predicted octanol–water partition coefficient (Wildman–Crippen LogP) is 1.93. The van der Waals surface area contributed by atoms with Crippen LogP contribution in [0.4, 0.5) is 11.5 Å². The van der Waals surface area contributed by atoms with Gasteiger partial charge in [0.15, 0.2) is 5.69 Å². The summed E-state index contributed by atoms with van der Waals surface area (Å²) in [6.07, 6.45) is 2.56. The summed E-state index contributed by atoms with van der Waals surface area (Å²) in [4.78, 5) is 18.3. The van der Waals surface area contributed by atoms with E-state index >= 15 is 0 Å². The third-order valence-corrected chi connectivity index (χ3v) is 2.21. The van der Waals surface area contributed by atoms with Crippen molar-refractivity contribution in [3.05, 3.63) is 42.4 Å². The van der Waals surface area contributed by atoms with Gasteiger partial charge in [-0.05, 0) is 12.1 Å². The standard InChI is InChI=1S/C12H11N3O3/c1-18-9-4-2-3-8(5-9)15-11-7-13-10(6-14-11)12(16)17/h2-7H,1H3,(H,14,15)(H,16,17). The van der Waals surface area contributed by atoms with Crippen LogP contribution in [-0.4, -0.2) is 28.2 Å². The van der Waals surface area contributed by atoms with E-state index < -0.39 is 5.97 Å². The number of methoxy groups -OCH3 is 1. The Morgan fingerprint density at radius 1 is 1.33 bits per heavy atom. The minimum absolute atomic E-state index is 0.0915. The van der Waals surface area contributed by atoms with E-state index in [1.54, 1.807) is 13.2 Å². The van der Waals surface area contributed by atoms with E-state index in [0.29, 0.717) is 5.82 Å². The smallest absolute Gasteiger partial charge is 0.356 e. The number of hydrogen-bond donors (Lipinski definition) is 2. The van der Waals surface area contributed by atoms with Crippen molar-refractivity contribution in [1.29, 1.82) is 0 Å². The van der Waals surface area contributed by atoms with E-state index in [9.17, 15) is 4.79 Å². The molecule has 1 aromatic carbocycles. The molecule has 0 aliphatic heterocycles. The van der Waals surface area contributed by atoms with Gasteiger partial charge in [0, 0.05) is 11.8 Å². The van der Waals surface area contributed by atoms with Crippen molar-refractivity contribution in [3.63, 3.8) is 0 Å². The van der Waals surface area contributed by atoms with Gasteiger partial charge in [0.25, 0.3) is 0 Å². The average molecular weight is 245 g/mol. The van der Waals surface area contributed by atoms with E-state index in [1.165, 1.54) is 12.4 Å². The second kappa shape index (κ2) is 5.13. The van der Waals surface area contributed by atoms with E-state index in [-0.39, 0.29) is 5.69 Å². The van der Waals surface area contributed by atoms with Crippen LogP contribution in [0.3, 0.4) is 0 Å². The molecule has 2 N–H and O–H groups in total. The van der Waals surface area contributed by atoms with Gasteiger partial charge in [0.1, 0.15) is 11.6 Å².